The smallest absolute Gasteiger partial charge is 0.306 e. The van der Waals surface area contributed by atoms with Crippen LogP contribution in [0.15, 0.2) is 24.3 Å². The van der Waals surface area contributed by atoms with Gasteiger partial charge in [-0.3, -0.25) is 9.59 Å². The molecule has 0 spiro atoms. The molecule has 4 nitrogen and oxygen atoms in total. The van der Waals surface area contributed by atoms with E-state index in [0.717, 1.165) is 31.5 Å². The van der Waals surface area contributed by atoms with Gasteiger partial charge >= 0.3 is 5.97 Å². The summed E-state index contributed by atoms with van der Waals surface area (Å²) in [5.74, 6) is -0.674. The molecule has 0 radical (unpaired) electrons. The second-order valence-electron chi connectivity index (χ2n) is 6.64. The highest BCUT2D eigenvalue weighted by Gasteiger charge is 2.35. The first-order chi connectivity index (χ1) is 10.6. The summed E-state index contributed by atoms with van der Waals surface area (Å²) in [6.45, 7) is 2.94. The molecule has 1 fully saturated rings. The number of hydrogen-bond acceptors (Lipinski definition) is 2. The number of rotatable bonds is 2. The number of carboxylic acids is 1. The molecule has 3 rings (SSSR count). The molecule has 2 aliphatic rings. The Hall–Kier alpha value is -1.84. The molecule has 0 aromatic heterocycles. The Bertz CT molecular complexity index is 583. The molecule has 1 N–H and O–H groups in total. The van der Waals surface area contributed by atoms with Crippen LogP contribution in [0, 0.1) is 11.8 Å². The third-order valence-corrected chi connectivity index (χ3v) is 5.18. The van der Waals surface area contributed by atoms with E-state index in [0.29, 0.717) is 18.8 Å². The molecule has 1 heterocycles. The first-order valence-electron chi connectivity index (χ1n) is 8.21. The van der Waals surface area contributed by atoms with Crippen LogP contribution in [-0.4, -0.2) is 23.5 Å². The number of amides is 1. The van der Waals surface area contributed by atoms with Crippen LogP contribution in [0.1, 0.15) is 50.5 Å². The van der Waals surface area contributed by atoms with Gasteiger partial charge in [0, 0.05) is 18.2 Å². The van der Waals surface area contributed by atoms with E-state index in [-0.39, 0.29) is 17.7 Å². The van der Waals surface area contributed by atoms with Gasteiger partial charge in [-0.1, -0.05) is 31.5 Å². The van der Waals surface area contributed by atoms with E-state index < -0.39 is 5.97 Å². The number of nitrogens with zero attached hydrogens (tertiary/aromatic N) is 1. The number of benzene rings is 1. The van der Waals surface area contributed by atoms with Crippen LogP contribution in [0.2, 0.25) is 0 Å². The summed E-state index contributed by atoms with van der Waals surface area (Å²) in [5.41, 5.74) is 2.25. The fourth-order valence-electron chi connectivity index (χ4n) is 3.84. The molecule has 1 aliphatic carbocycles. The Labute approximate surface area is 131 Å². The first kappa shape index (κ1) is 15.1. The quantitative estimate of drug-likeness (QED) is 0.910. The van der Waals surface area contributed by atoms with E-state index in [2.05, 4.69) is 13.0 Å². The maximum absolute atomic E-state index is 12.9. The summed E-state index contributed by atoms with van der Waals surface area (Å²) in [6, 6.07) is 8.10. The molecule has 0 saturated heterocycles. The minimum atomic E-state index is -0.759. The predicted molar refractivity (Wildman–Crippen MR) is 84.9 cm³/mol. The number of carbonyl (C=O) groups is 2. The van der Waals surface area contributed by atoms with Crippen LogP contribution < -0.4 is 4.90 Å². The largest absolute Gasteiger partial charge is 0.481 e. The van der Waals surface area contributed by atoms with Crippen LogP contribution in [0.5, 0.6) is 0 Å². The van der Waals surface area contributed by atoms with E-state index in [1.807, 2.05) is 23.1 Å². The lowest BCUT2D eigenvalue weighted by molar-refractivity contribution is -0.143. The molecule has 3 atom stereocenters. The Balaban J connectivity index is 1.81. The Morgan fingerprint density at radius 2 is 1.86 bits per heavy atom. The minimum absolute atomic E-state index is 0.116. The molecular weight excluding hydrogens is 278 g/mol. The third kappa shape index (κ3) is 2.74. The lowest BCUT2D eigenvalue weighted by atomic mass is 9.80. The first-order valence-corrected chi connectivity index (χ1v) is 8.21. The van der Waals surface area contributed by atoms with Crippen molar-refractivity contribution in [3.8, 4) is 0 Å². The molecule has 1 aromatic rings. The van der Waals surface area contributed by atoms with Gasteiger partial charge in [0.15, 0.2) is 0 Å². The number of aliphatic carboxylic acids is 1. The second kappa shape index (κ2) is 6.11. The van der Waals surface area contributed by atoms with Gasteiger partial charge in [-0.15, -0.1) is 0 Å². The second-order valence-corrected chi connectivity index (χ2v) is 6.64. The van der Waals surface area contributed by atoms with Gasteiger partial charge in [-0.25, -0.2) is 0 Å². The van der Waals surface area contributed by atoms with Gasteiger partial charge in [0.1, 0.15) is 0 Å². The predicted octanol–water partition coefficient (Wildman–Crippen LogP) is 3.42. The summed E-state index contributed by atoms with van der Waals surface area (Å²) in [5, 5.41) is 9.22. The standard InChI is InChI=1S/C18H23NO3/c1-12-9-10-19(16-8-3-2-7-15(12)16)17(20)13-5-4-6-14(11-13)18(21)22/h2-3,7-8,12-14H,4-6,9-11H2,1H3,(H,21,22). The van der Waals surface area contributed by atoms with Gasteiger partial charge in [-0.2, -0.15) is 0 Å². The van der Waals surface area contributed by atoms with Gasteiger partial charge in [0.2, 0.25) is 5.91 Å². The molecule has 1 aromatic carbocycles. The molecule has 1 amide bonds. The summed E-state index contributed by atoms with van der Waals surface area (Å²) in [7, 11) is 0. The van der Waals surface area contributed by atoms with Crippen molar-refractivity contribution in [2.75, 3.05) is 11.4 Å². The highest BCUT2D eigenvalue weighted by molar-refractivity contribution is 5.96. The average molecular weight is 301 g/mol. The molecule has 4 heteroatoms. The third-order valence-electron chi connectivity index (χ3n) is 5.18. The highest BCUT2D eigenvalue weighted by atomic mass is 16.4. The maximum Gasteiger partial charge on any atom is 0.306 e. The number of para-hydroxylation sites is 1. The van der Waals surface area contributed by atoms with Crippen molar-refractivity contribution in [1.29, 1.82) is 0 Å². The van der Waals surface area contributed by atoms with Crippen molar-refractivity contribution in [3.05, 3.63) is 29.8 Å². The monoisotopic (exact) mass is 301 g/mol. The van der Waals surface area contributed by atoms with Crippen molar-refractivity contribution in [2.24, 2.45) is 11.8 Å². The zero-order valence-corrected chi connectivity index (χ0v) is 13.0. The molecule has 3 unspecified atom stereocenters. The van der Waals surface area contributed by atoms with Crippen molar-refractivity contribution >= 4 is 17.6 Å². The van der Waals surface area contributed by atoms with Crippen LogP contribution in [0.3, 0.4) is 0 Å². The zero-order chi connectivity index (χ0) is 15.7. The average Bonchev–Trinajstić information content (AvgIpc) is 2.55. The maximum atomic E-state index is 12.9. The van der Waals surface area contributed by atoms with Crippen molar-refractivity contribution < 1.29 is 14.7 Å². The van der Waals surface area contributed by atoms with Crippen LogP contribution in [-0.2, 0) is 9.59 Å². The molecule has 22 heavy (non-hydrogen) atoms. The fraction of sp³-hybridized carbons (Fsp3) is 0.556. The van der Waals surface area contributed by atoms with Crippen LogP contribution in [0.25, 0.3) is 0 Å². The molecule has 118 valence electrons. The summed E-state index contributed by atoms with van der Waals surface area (Å²) < 4.78 is 0. The number of anilines is 1. The minimum Gasteiger partial charge on any atom is -0.481 e. The zero-order valence-electron chi connectivity index (χ0n) is 13.0. The van der Waals surface area contributed by atoms with Crippen LogP contribution in [0.4, 0.5) is 5.69 Å². The van der Waals surface area contributed by atoms with Crippen molar-refractivity contribution in [3.63, 3.8) is 0 Å². The van der Waals surface area contributed by atoms with Crippen LogP contribution >= 0.6 is 0 Å². The van der Waals surface area contributed by atoms with Gasteiger partial charge in [0.05, 0.1) is 5.92 Å². The SMILES string of the molecule is CC1CCN(C(=O)C2CCCC(C(=O)O)C2)c2ccccc21. The number of hydrogen-bond donors (Lipinski definition) is 1. The lowest BCUT2D eigenvalue weighted by Gasteiger charge is -2.36. The van der Waals surface area contributed by atoms with Crippen molar-refractivity contribution in [2.45, 2.75) is 44.9 Å². The Kier molecular flexibility index (Phi) is 4.19. The summed E-state index contributed by atoms with van der Waals surface area (Å²) in [6.07, 6.45) is 3.81. The highest BCUT2D eigenvalue weighted by Crippen LogP contribution is 2.38. The lowest BCUT2D eigenvalue weighted by Crippen LogP contribution is -2.42. The molecule has 0 bridgehead atoms. The van der Waals surface area contributed by atoms with Gasteiger partial charge < -0.3 is 10.0 Å². The van der Waals surface area contributed by atoms with E-state index in [4.69, 9.17) is 0 Å². The molecule has 1 saturated carbocycles. The van der Waals surface area contributed by atoms with E-state index in [9.17, 15) is 14.7 Å². The summed E-state index contributed by atoms with van der Waals surface area (Å²) >= 11 is 0. The normalized spacial score (nSPS) is 28.0. The number of fused-ring (bicyclic) bond motifs is 1. The van der Waals surface area contributed by atoms with Gasteiger partial charge in [-0.05, 0) is 43.2 Å². The number of carboxylic acid groups (broad SMARTS) is 1. The topological polar surface area (TPSA) is 57.6 Å². The van der Waals surface area contributed by atoms with Gasteiger partial charge in [0.25, 0.3) is 0 Å². The van der Waals surface area contributed by atoms with E-state index in [1.54, 1.807) is 0 Å². The summed E-state index contributed by atoms with van der Waals surface area (Å²) in [4.78, 5) is 26.0. The van der Waals surface area contributed by atoms with E-state index in [1.165, 1.54) is 5.56 Å². The molecule has 1 aliphatic heterocycles. The number of carbonyl (C=O) groups excluding carboxylic acids is 1. The Morgan fingerprint density at radius 3 is 2.64 bits per heavy atom. The van der Waals surface area contributed by atoms with E-state index >= 15 is 0 Å². The van der Waals surface area contributed by atoms with Crippen molar-refractivity contribution in [1.82, 2.24) is 0 Å². The fourth-order valence-corrected chi connectivity index (χ4v) is 3.84. The Morgan fingerprint density at radius 1 is 1.14 bits per heavy atom. The molecular formula is C18H23NO3.